The molecule has 0 amide bonds. The van der Waals surface area contributed by atoms with Crippen molar-refractivity contribution in [3.05, 3.63) is 41.5 Å². The molecule has 0 aromatic heterocycles. The number of carbonyl (C=O) groups excluding carboxylic acids is 1. The normalized spacial score (nSPS) is 22.4. The van der Waals surface area contributed by atoms with Crippen LogP contribution in [0.15, 0.2) is 35.9 Å². The number of carbonyl (C=O) groups is 1. The van der Waals surface area contributed by atoms with Crippen LogP contribution in [0.4, 0.5) is 0 Å². The van der Waals surface area contributed by atoms with Gasteiger partial charge in [0.15, 0.2) is 0 Å². The molecule has 2 rings (SSSR count). The zero-order valence-electron chi connectivity index (χ0n) is 12.0. The number of ketones is 1. The van der Waals surface area contributed by atoms with Crippen molar-refractivity contribution in [2.24, 2.45) is 0 Å². The van der Waals surface area contributed by atoms with E-state index in [0.29, 0.717) is 12.2 Å². The lowest BCUT2D eigenvalue weighted by Crippen LogP contribution is -2.30. The van der Waals surface area contributed by atoms with Gasteiger partial charge < -0.3 is 4.74 Å². The van der Waals surface area contributed by atoms with Crippen molar-refractivity contribution in [2.75, 3.05) is 7.11 Å². The monoisotopic (exact) mass is 258 g/mol. The van der Waals surface area contributed by atoms with Gasteiger partial charge in [0.2, 0.25) is 0 Å². The molecule has 1 atom stereocenters. The predicted octanol–water partition coefficient (Wildman–Crippen LogP) is 4.04. The molecule has 0 bridgehead atoms. The number of methoxy groups -OCH3 is 1. The highest BCUT2D eigenvalue weighted by Gasteiger charge is 2.42. The number of benzene rings is 1. The summed E-state index contributed by atoms with van der Waals surface area (Å²) in [5, 5.41) is 0. The predicted molar refractivity (Wildman–Crippen MR) is 77.6 cm³/mol. The lowest BCUT2D eigenvalue weighted by molar-refractivity contribution is -0.122. The number of Topliss-reactive ketones (excluding diaryl/α,β-unsaturated/α-hetero) is 1. The lowest BCUT2D eigenvalue weighted by Gasteiger charge is -2.27. The van der Waals surface area contributed by atoms with Crippen LogP contribution in [-0.2, 0) is 10.2 Å². The van der Waals surface area contributed by atoms with Crippen LogP contribution < -0.4 is 4.74 Å². The van der Waals surface area contributed by atoms with Gasteiger partial charge in [0.1, 0.15) is 11.5 Å². The highest BCUT2D eigenvalue weighted by Crippen LogP contribution is 2.42. The number of rotatable bonds is 4. The van der Waals surface area contributed by atoms with E-state index in [2.05, 4.69) is 19.9 Å². The minimum absolute atomic E-state index is 0.302. The van der Waals surface area contributed by atoms with Crippen LogP contribution in [0.2, 0.25) is 0 Å². The summed E-state index contributed by atoms with van der Waals surface area (Å²) in [5.74, 6) is 1.22. The van der Waals surface area contributed by atoms with E-state index in [1.54, 1.807) is 7.11 Å². The van der Waals surface area contributed by atoms with Gasteiger partial charge in [-0.05, 0) is 50.8 Å². The maximum absolute atomic E-state index is 12.4. The van der Waals surface area contributed by atoms with Crippen LogP contribution in [0.3, 0.4) is 0 Å². The summed E-state index contributed by atoms with van der Waals surface area (Å²) >= 11 is 0. The first-order chi connectivity index (χ1) is 9.08. The van der Waals surface area contributed by atoms with E-state index >= 15 is 0 Å². The van der Waals surface area contributed by atoms with Gasteiger partial charge >= 0.3 is 0 Å². The third-order valence-corrected chi connectivity index (χ3v) is 4.04. The standard InChI is InChI=1S/C17H22O2/c1-13(2)10-12-17(11-4-5-16(17)18)14-6-8-15(19-3)9-7-14/h6-10H,4-5,11-12H2,1-3H3/t17-/m1/s1. The molecule has 0 aliphatic heterocycles. The minimum Gasteiger partial charge on any atom is -0.497 e. The Balaban J connectivity index is 2.36. The van der Waals surface area contributed by atoms with Crippen LogP contribution in [0.1, 0.15) is 45.1 Å². The van der Waals surface area contributed by atoms with Crippen molar-refractivity contribution < 1.29 is 9.53 Å². The van der Waals surface area contributed by atoms with Crippen LogP contribution in [0.5, 0.6) is 5.75 Å². The Kier molecular flexibility index (Phi) is 4.08. The summed E-state index contributed by atoms with van der Waals surface area (Å²) in [6, 6.07) is 7.98. The quantitative estimate of drug-likeness (QED) is 0.762. The molecular weight excluding hydrogens is 236 g/mol. The van der Waals surface area contributed by atoms with Crippen molar-refractivity contribution in [1.29, 1.82) is 0 Å². The third-order valence-electron chi connectivity index (χ3n) is 4.04. The second-order valence-corrected chi connectivity index (χ2v) is 5.57. The van der Waals surface area contributed by atoms with Crippen molar-refractivity contribution in [3.8, 4) is 5.75 Å². The Morgan fingerprint density at radius 2 is 2.00 bits per heavy atom. The zero-order valence-corrected chi connectivity index (χ0v) is 12.0. The molecule has 1 aromatic rings. The molecule has 1 aromatic carbocycles. The average molecular weight is 258 g/mol. The van der Waals surface area contributed by atoms with Crippen LogP contribution >= 0.6 is 0 Å². The summed E-state index contributed by atoms with van der Waals surface area (Å²) in [4.78, 5) is 12.4. The maximum atomic E-state index is 12.4. The molecule has 2 nitrogen and oxygen atoms in total. The number of ether oxygens (including phenoxy) is 1. The lowest BCUT2D eigenvalue weighted by atomic mass is 9.75. The molecule has 102 valence electrons. The van der Waals surface area contributed by atoms with Crippen molar-refractivity contribution in [3.63, 3.8) is 0 Å². The highest BCUT2D eigenvalue weighted by atomic mass is 16.5. The van der Waals surface area contributed by atoms with Gasteiger partial charge in [0.25, 0.3) is 0 Å². The Morgan fingerprint density at radius 3 is 2.47 bits per heavy atom. The molecule has 1 aliphatic rings. The Labute approximate surface area is 115 Å². The first-order valence-corrected chi connectivity index (χ1v) is 6.90. The first-order valence-electron chi connectivity index (χ1n) is 6.90. The molecule has 1 saturated carbocycles. The Morgan fingerprint density at radius 1 is 1.32 bits per heavy atom. The molecule has 0 unspecified atom stereocenters. The summed E-state index contributed by atoms with van der Waals surface area (Å²) in [6.07, 6.45) is 5.68. The largest absolute Gasteiger partial charge is 0.497 e. The van der Waals surface area contributed by atoms with Crippen molar-refractivity contribution in [1.82, 2.24) is 0 Å². The Bertz CT molecular complexity index is 480. The second-order valence-electron chi connectivity index (χ2n) is 5.57. The molecule has 0 heterocycles. The van der Waals surface area contributed by atoms with Crippen LogP contribution in [0.25, 0.3) is 0 Å². The van der Waals surface area contributed by atoms with E-state index in [4.69, 9.17) is 4.74 Å². The summed E-state index contributed by atoms with van der Waals surface area (Å²) < 4.78 is 5.19. The van der Waals surface area contributed by atoms with E-state index in [-0.39, 0.29) is 5.41 Å². The molecule has 0 spiro atoms. The fourth-order valence-electron chi connectivity index (χ4n) is 2.86. The van der Waals surface area contributed by atoms with E-state index < -0.39 is 0 Å². The SMILES string of the molecule is COc1ccc([C@]2(CC=C(C)C)CCCC2=O)cc1. The van der Waals surface area contributed by atoms with Gasteiger partial charge in [0.05, 0.1) is 12.5 Å². The van der Waals surface area contributed by atoms with Gasteiger partial charge in [-0.3, -0.25) is 4.79 Å². The van der Waals surface area contributed by atoms with E-state index in [1.807, 2.05) is 24.3 Å². The molecule has 19 heavy (non-hydrogen) atoms. The van der Waals surface area contributed by atoms with Gasteiger partial charge in [-0.25, -0.2) is 0 Å². The molecule has 1 fully saturated rings. The fourth-order valence-corrected chi connectivity index (χ4v) is 2.86. The van der Waals surface area contributed by atoms with Crippen LogP contribution in [0, 0.1) is 0 Å². The van der Waals surface area contributed by atoms with Gasteiger partial charge in [-0.2, -0.15) is 0 Å². The fraction of sp³-hybridized carbons (Fsp3) is 0.471. The van der Waals surface area contributed by atoms with Crippen LogP contribution in [-0.4, -0.2) is 12.9 Å². The molecule has 2 heteroatoms. The minimum atomic E-state index is -0.302. The first kappa shape index (κ1) is 13.9. The van der Waals surface area contributed by atoms with E-state index in [1.165, 1.54) is 5.57 Å². The van der Waals surface area contributed by atoms with Crippen molar-refractivity contribution >= 4 is 5.78 Å². The smallest absolute Gasteiger partial charge is 0.143 e. The molecule has 0 saturated heterocycles. The van der Waals surface area contributed by atoms with Crippen molar-refractivity contribution in [2.45, 2.75) is 44.9 Å². The van der Waals surface area contributed by atoms with Gasteiger partial charge in [-0.1, -0.05) is 23.8 Å². The van der Waals surface area contributed by atoms with E-state index in [9.17, 15) is 4.79 Å². The molecular formula is C17H22O2. The molecule has 0 N–H and O–H groups in total. The molecule has 0 radical (unpaired) electrons. The Hall–Kier alpha value is -1.57. The summed E-state index contributed by atoms with van der Waals surface area (Å²) in [7, 11) is 1.66. The summed E-state index contributed by atoms with van der Waals surface area (Å²) in [6.45, 7) is 4.17. The number of hydrogen-bond donors (Lipinski definition) is 0. The molecule has 1 aliphatic carbocycles. The number of hydrogen-bond acceptors (Lipinski definition) is 2. The van der Waals surface area contributed by atoms with Gasteiger partial charge in [0, 0.05) is 6.42 Å². The van der Waals surface area contributed by atoms with Gasteiger partial charge in [-0.15, -0.1) is 0 Å². The third kappa shape index (κ3) is 2.73. The second kappa shape index (κ2) is 5.60. The average Bonchev–Trinajstić information content (AvgIpc) is 2.79. The number of allylic oxidation sites excluding steroid dienone is 2. The maximum Gasteiger partial charge on any atom is 0.143 e. The summed E-state index contributed by atoms with van der Waals surface area (Å²) in [5.41, 5.74) is 2.10. The van der Waals surface area contributed by atoms with E-state index in [0.717, 1.165) is 30.6 Å². The highest BCUT2D eigenvalue weighted by molar-refractivity contribution is 5.92. The zero-order chi connectivity index (χ0) is 13.9. The topological polar surface area (TPSA) is 26.3 Å².